The van der Waals surface area contributed by atoms with E-state index in [1.807, 2.05) is 44.3 Å². The Balaban J connectivity index is 1.36. The van der Waals surface area contributed by atoms with Crippen LogP contribution in [0.15, 0.2) is 42.7 Å². The smallest absolute Gasteiger partial charge is 0.226 e. The van der Waals surface area contributed by atoms with E-state index in [-0.39, 0.29) is 11.8 Å². The average molecular weight is 434 g/mol. The fraction of sp³-hybridized carbons (Fsp3) is 0.440. The van der Waals surface area contributed by atoms with Crippen molar-refractivity contribution in [2.75, 3.05) is 31.1 Å². The second kappa shape index (κ2) is 10.4. The van der Waals surface area contributed by atoms with Crippen molar-refractivity contribution in [2.24, 2.45) is 5.92 Å². The number of fused-ring (bicyclic) bond motifs is 1. The molecule has 1 aliphatic rings. The van der Waals surface area contributed by atoms with Crippen LogP contribution >= 0.6 is 0 Å². The average Bonchev–Trinajstić information content (AvgIpc) is 2.83. The summed E-state index contributed by atoms with van der Waals surface area (Å²) in [5.74, 6) is 1.62. The number of carbonyl (C=O) groups excluding carboxylic acids is 1. The lowest BCUT2D eigenvalue weighted by Gasteiger charge is -2.32. The number of hydrogen-bond donors (Lipinski definition) is 1. The number of pyridine rings is 1. The summed E-state index contributed by atoms with van der Waals surface area (Å²) in [5, 5.41) is 4.11. The number of piperidine rings is 1. The maximum Gasteiger partial charge on any atom is 0.226 e. The highest BCUT2D eigenvalue weighted by atomic mass is 16.5. The third kappa shape index (κ3) is 5.33. The number of amides is 1. The summed E-state index contributed by atoms with van der Waals surface area (Å²) in [6, 6.07) is 9.93. The van der Waals surface area contributed by atoms with Gasteiger partial charge < -0.3 is 15.0 Å². The van der Waals surface area contributed by atoms with Gasteiger partial charge in [-0.2, -0.15) is 0 Å². The van der Waals surface area contributed by atoms with Crippen LogP contribution in [0, 0.1) is 12.8 Å². The number of aryl methyl sites for hydroxylation is 2. The number of carbonyl (C=O) groups is 1. The molecule has 3 heterocycles. The van der Waals surface area contributed by atoms with E-state index in [4.69, 9.17) is 14.7 Å². The van der Waals surface area contributed by atoms with Crippen molar-refractivity contribution in [1.29, 1.82) is 0 Å². The van der Waals surface area contributed by atoms with Crippen LogP contribution in [-0.4, -0.2) is 47.1 Å². The lowest BCUT2D eigenvalue weighted by atomic mass is 9.97. The molecule has 7 heteroatoms. The van der Waals surface area contributed by atoms with Crippen LogP contribution in [0.25, 0.3) is 10.9 Å². The van der Waals surface area contributed by atoms with E-state index in [1.165, 1.54) is 5.56 Å². The van der Waals surface area contributed by atoms with E-state index in [0.29, 0.717) is 25.6 Å². The Morgan fingerprint density at radius 1 is 1.28 bits per heavy atom. The van der Waals surface area contributed by atoms with E-state index in [2.05, 4.69) is 21.3 Å². The van der Waals surface area contributed by atoms with Crippen LogP contribution in [0.1, 0.15) is 37.4 Å². The van der Waals surface area contributed by atoms with E-state index in [0.717, 1.165) is 54.6 Å². The van der Waals surface area contributed by atoms with E-state index >= 15 is 0 Å². The van der Waals surface area contributed by atoms with Gasteiger partial charge in [-0.3, -0.25) is 9.78 Å². The Hall–Kier alpha value is -3.22. The van der Waals surface area contributed by atoms with E-state index in [9.17, 15) is 4.79 Å². The molecule has 1 fully saturated rings. The van der Waals surface area contributed by atoms with Crippen molar-refractivity contribution in [1.82, 2.24) is 20.3 Å². The zero-order valence-electron chi connectivity index (χ0n) is 18.9. The molecule has 7 nitrogen and oxygen atoms in total. The van der Waals surface area contributed by atoms with Gasteiger partial charge in [-0.25, -0.2) is 9.97 Å². The Labute approximate surface area is 189 Å². The third-order valence-electron chi connectivity index (χ3n) is 5.90. The second-order valence-electron chi connectivity index (χ2n) is 8.26. The molecule has 32 heavy (non-hydrogen) atoms. The minimum atomic E-state index is -0.0397. The highest BCUT2D eigenvalue weighted by Crippen LogP contribution is 2.26. The van der Waals surface area contributed by atoms with Crippen molar-refractivity contribution >= 4 is 22.8 Å². The largest absolute Gasteiger partial charge is 0.494 e. The number of nitrogens with zero attached hydrogens (tertiary/aromatic N) is 4. The molecule has 0 radical (unpaired) electrons. The van der Waals surface area contributed by atoms with Crippen molar-refractivity contribution < 1.29 is 9.53 Å². The SMILES string of the molecule is CCOc1ccc2nc(N3CCC[C@H](C(=O)NCCCc4cccnc4)C3)nc(C)c2c1. The van der Waals surface area contributed by atoms with Crippen LogP contribution < -0.4 is 15.0 Å². The Morgan fingerprint density at radius 2 is 2.19 bits per heavy atom. The highest BCUT2D eigenvalue weighted by molar-refractivity contribution is 5.83. The first-order chi connectivity index (χ1) is 15.6. The zero-order chi connectivity index (χ0) is 22.3. The lowest BCUT2D eigenvalue weighted by molar-refractivity contribution is -0.125. The monoisotopic (exact) mass is 433 g/mol. The molecular formula is C25H31N5O2. The Kier molecular flexibility index (Phi) is 7.14. The minimum absolute atomic E-state index is 0.0397. The number of hydrogen-bond acceptors (Lipinski definition) is 6. The van der Waals surface area contributed by atoms with Crippen LogP contribution in [0.3, 0.4) is 0 Å². The van der Waals surface area contributed by atoms with Crippen molar-refractivity contribution in [2.45, 2.75) is 39.5 Å². The van der Waals surface area contributed by atoms with Gasteiger partial charge >= 0.3 is 0 Å². The first-order valence-corrected chi connectivity index (χ1v) is 11.5. The van der Waals surface area contributed by atoms with Gasteiger partial charge in [-0.05, 0) is 69.4 Å². The molecule has 0 aliphatic carbocycles. The van der Waals surface area contributed by atoms with Gasteiger partial charge in [0.15, 0.2) is 0 Å². The molecule has 0 bridgehead atoms. The summed E-state index contributed by atoms with van der Waals surface area (Å²) < 4.78 is 5.61. The van der Waals surface area contributed by atoms with Crippen molar-refractivity contribution in [3.05, 3.63) is 54.0 Å². The van der Waals surface area contributed by atoms with Crippen LogP contribution in [0.5, 0.6) is 5.75 Å². The van der Waals surface area contributed by atoms with E-state index in [1.54, 1.807) is 6.20 Å². The Morgan fingerprint density at radius 3 is 3.00 bits per heavy atom. The van der Waals surface area contributed by atoms with Gasteiger partial charge in [0.2, 0.25) is 11.9 Å². The van der Waals surface area contributed by atoms with Crippen LogP contribution in [0.4, 0.5) is 5.95 Å². The molecule has 1 saturated heterocycles. The zero-order valence-corrected chi connectivity index (χ0v) is 18.9. The summed E-state index contributed by atoms with van der Waals surface area (Å²) in [6.07, 6.45) is 7.33. The summed E-state index contributed by atoms with van der Waals surface area (Å²) in [6.45, 7) is 6.80. The van der Waals surface area contributed by atoms with Gasteiger partial charge in [0.25, 0.3) is 0 Å². The number of rotatable bonds is 8. The third-order valence-corrected chi connectivity index (χ3v) is 5.90. The minimum Gasteiger partial charge on any atom is -0.494 e. The molecule has 1 aromatic carbocycles. The number of nitrogens with one attached hydrogen (secondary N) is 1. The van der Waals surface area contributed by atoms with Gasteiger partial charge in [0, 0.05) is 37.4 Å². The van der Waals surface area contributed by atoms with E-state index < -0.39 is 0 Å². The van der Waals surface area contributed by atoms with Gasteiger partial charge in [-0.1, -0.05) is 6.07 Å². The number of ether oxygens (including phenoxy) is 1. The molecule has 168 valence electrons. The molecule has 0 unspecified atom stereocenters. The predicted molar refractivity (Wildman–Crippen MR) is 126 cm³/mol. The lowest BCUT2D eigenvalue weighted by Crippen LogP contribution is -2.44. The maximum atomic E-state index is 12.8. The quantitative estimate of drug-likeness (QED) is 0.546. The second-order valence-corrected chi connectivity index (χ2v) is 8.26. The molecule has 4 rings (SSSR count). The highest BCUT2D eigenvalue weighted by Gasteiger charge is 2.27. The maximum absolute atomic E-state index is 12.8. The summed E-state index contributed by atoms with van der Waals surface area (Å²) in [4.78, 5) is 28.6. The Bertz CT molecular complexity index is 1060. The summed E-state index contributed by atoms with van der Waals surface area (Å²) in [7, 11) is 0. The van der Waals surface area contributed by atoms with Gasteiger partial charge in [-0.15, -0.1) is 0 Å². The number of benzene rings is 1. The number of aromatic nitrogens is 3. The molecule has 1 amide bonds. The molecule has 1 aliphatic heterocycles. The van der Waals surface area contributed by atoms with Gasteiger partial charge in [0.05, 0.1) is 23.7 Å². The molecule has 2 aromatic heterocycles. The normalized spacial score (nSPS) is 16.2. The summed E-state index contributed by atoms with van der Waals surface area (Å²) in [5.41, 5.74) is 3.02. The molecule has 1 atom stereocenters. The summed E-state index contributed by atoms with van der Waals surface area (Å²) >= 11 is 0. The predicted octanol–water partition coefficient (Wildman–Crippen LogP) is 3.70. The fourth-order valence-electron chi connectivity index (χ4n) is 4.21. The van der Waals surface area contributed by atoms with Crippen molar-refractivity contribution in [3.63, 3.8) is 0 Å². The van der Waals surface area contributed by atoms with Gasteiger partial charge in [0.1, 0.15) is 5.75 Å². The first kappa shape index (κ1) is 22.0. The van der Waals surface area contributed by atoms with Crippen LogP contribution in [-0.2, 0) is 11.2 Å². The fourth-order valence-corrected chi connectivity index (χ4v) is 4.21. The number of anilines is 1. The van der Waals surface area contributed by atoms with Crippen molar-refractivity contribution in [3.8, 4) is 5.75 Å². The standard InChI is InChI=1S/C25H31N5O2/c1-3-32-21-10-11-23-22(15-21)18(2)28-25(29-23)30-14-6-9-20(17-30)24(31)27-13-5-8-19-7-4-12-26-16-19/h4,7,10-12,15-16,20H,3,5-6,8-9,13-14,17H2,1-2H3,(H,27,31)/t20-/m0/s1. The molecule has 0 spiro atoms. The molecule has 3 aromatic rings. The molecule has 0 saturated carbocycles. The first-order valence-electron chi connectivity index (χ1n) is 11.5. The topological polar surface area (TPSA) is 80.2 Å². The molecular weight excluding hydrogens is 402 g/mol. The van der Waals surface area contributed by atoms with Crippen LogP contribution in [0.2, 0.25) is 0 Å². The molecule has 1 N–H and O–H groups in total.